The molecule has 27 heavy (non-hydrogen) atoms. The molecule has 0 saturated heterocycles. The fourth-order valence-corrected chi connectivity index (χ4v) is 5.16. The summed E-state index contributed by atoms with van der Waals surface area (Å²) < 4.78 is 7.50. The summed E-state index contributed by atoms with van der Waals surface area (Å²) in [6, 6.07) is 27.1. The Morgan fingerprint density at radius 1 is 0.593 bits per heavy atom. The number of aryl methyl sites for hydroxylation is 3. The first-order valence-electron chi connectivity index (χ1n) is 8.16. The molecule has 0 fully saturated rings. The minimum absolute atomic E-state index is 0.472. The van der Waals surface area contributed by atoms with Crippen molar-refractivity contribution in [1.82, 2.24) is 0 Å². The van der Waals surface area contributed by atoms with Crippen molar-refractivity contribution in [1.29, 1.82) is 0 Å². The Balaban J connectivity index is 0.000000665. The number of hydrogen-bond donors (Lipinski definition) is 0. The summed E-state index contributed by atoms with van der Waals surface area (Å²) in [5.74, 6) is 0. The van der Waals surface area contributed by atoms with Crippen LogP contribution in [0.3, 0.4) is 0 Å². The second-order valence-electron chi connectivity index (χ2n) is 6.02. The molecule has 0 bridgehead atoms. The van der Waals surface area contributed by atoms with E-state index in [1.807, 2.05) is 0 Å². The molecule has 0 saturated carbocycles. The van der Waals surface area contributed by atoms with Crippen molar-refractivity contribution < 1.29 is 21.1 Å². The van der Waals surface area contributed by atoms with Crippen molar-refractivity contribution in [2.45, 2.75) is 20.8 Å². The van der Waals surface area contributed by atoms with E-state index in [0.29, 0.717) is 0 Å². The topological polar surface area (TPSA) is 19.9 Å². The molecule has 0 aromatic heterocycles. The van der Waals surface area contributed by atoms with E-state index in [0.717, 1.165) is 0 Å². The standard InChI is InChI=1S/C21H21P.CO.2ClH.Pt/c1-16-4-10-19(11-5-16)22(20-12-6-17(2)7-13-20)21-14-8-18(3)9-15-21;1-2;;;/h4-15H,1-3H3;;2*1H;/q;;;;+2/p-1. The van der Waals surface area contributed by atoms with Crippen molar-refractivity contribution in [3.63, 3.8) is 0 Å². The normalized spacial score (nSPS) is 9.78. The van der Waals surface area contributed by atoms with E-state index >= 15 is 0 Å². The van der Waals surface area contributed by atoms with Gasteiger partial charge in [-0.05, 0) is 57.2 Å². The summed E-state index contributed by atoms with van der Waals surface area (Å²) in [5.41, 5.74) is 3.95. The van der Waals surface area contributed by atoms with Gasteiger partial charge >= 0.3 is 46.6 Å². The van der Waals surface area contributed by atoms with Crippen molar-refractivity contribution >= 4 is 42.7 Å². The van der Waals surface area contributed by atoms with Gasteiger partial charge in [0.2, 0.25) is 0 Å². The van der Waals surface area contributed by atoms with Crippen LogP contribution in [0.5, 0.6) is 0 Å². The molecular weight excluding hydrogens is 577 g/mol. The van der Waals surface area contributed by atoms with Crippen molar-refractivity contribution in [3.05, 3.63) is 96.1 Å². The van der Waals surface area contributed by atoms with E-state index in [1.54, 1.807) is 0 Å². The molecule has 0 amide bonds. The van der Waals surface area contributed by atoms with Crippen molar-refractivity contribution in [2.24, 2.45) is 0 Å². The van der Waals surface area contributed by atoms with E-state index in [9.17, 15) is 0 Å². The van der Waals surface area contributed by atoms with E-state index in [2.05, 4.69) is 100 Å². The molecule has 0 radical (unpaired) electrons. The van der Waals surface area contributed by atoms with Gasteiger partial charge in [0.15, 0.2) is 0 Å². The predicted octanol–water partition coefficient (Wildman–Crippen LogP) is 5.44. The van der Waals surface area contributed by atoms with Crippen LogP contribution in [0.4, 0.5) is 0 Å². The first-order chi connectivity index (χ1) is 13.0. The van der Waals surface area contributed by atoms with Crippen LogP contribution in [0.2, 0.25) is 0 Å². The van der Waals surface area contributed by atoms with Gasteiger partial charge in [-0.25, -0.2) is 0 Å². The average molecular weight is 599 g/mol. The third-order valence-electron chi connectivity index (χ3n) is 4.02. The van der Waals surface area contributed by atoms with Gasteiger partial charge in [-0.15, -0.1) is 0 Å². The van der Waals surface area contributed by atoms with Crippen LogP contribution in [0.15, 0.2) is 72.8 Å². The second-order valence-corrected chi connectivity index (χ2v) is 11.8. The number of rotatable bonds is 3. The minimum atomic E-state index is -0.927. The van der Waals surface area contributed by atoms with Crippen LogP contribution < -0.4 is 15.9 Å². The first-order valence-corrected chi connectivity index (χ1v) is 15.3. The fourth-order valence-electron chi connectivity index (χ4n) is 2.66. The van der Waals surface area contributed by atoms with E-state index < -0.39 is 24.4 Å². The van der Waals surface area contributed by atoms with Crippen LogP contribution in [0, 0.1) is 27.4 Å². The number of halogens is 2. The summed E-state index contributed by atoms with van der Waals surface area (Å²) in [5, 5.41) is 4.34. The van der Waals surface area contributed by atoms with Crippen LogP contribution >= 0.6 is 26.8 Å². The average Bonchev–Trinajstić information content (AvgIpc) is 2.69. The third kappa shape index (κ3) is 7.93. The molecule has 0 atom stereocenters. The summed E-state index contributed by atoms with van der Waals surface area (Å²) in [6.45, 7) is 10.9. The van der Waals surface area contributed by atoms with Gasteiger partial charge in [-0.3, -0.25) is 0 Å². The molecule has 0 N–H and O–H groups in total. The zero-order valence-electron chi connectivity index (χ0n) is 15.4. The first kappa shape index (κ1) is 24.1. The summed E-state index contributed by atoms with van der Waals surface area (Å²) in [4.78, 5) is 0. The van der Waals surface area contributed by atoms with Crippen molar-refractivity contribution in [2.75, 3.05) is 0 Å². The maximum atomic E-state index is 7.50. The van der Waals surface area contributed by atoms with Gasteiger partial charge < -0.3 is 0 Å². The molecule has 0 unspecified atom stereocenters. The van der Waals surface area contributed by atoms with Crippen LogP contribution in [-0.2, 0) is 21.1 Å². The van der Waals surface area contributed by atoms with E-state index in [1.165, 1.54) is 32.6 Å². The molecule has 0 spiro atoms. The van der Waals surface area contributed by atoms with E-state index in [4.69, 9.17) is 23.5 Å². The molecule has 0 heterocycles. The van der Waals surface area contributed by atoms with Gasteiger partial charge in [-0.2, -0.15) is 0 Å². The van der Waals surface area contributed by atoms with Crippen LogP contribution in [0.25, 0.3) is 0 Å². The molecule has 0 aliphatic heterocycles. The molecule has 3 rings (SSSR count). The molecule has 3 aromatic carbocycles. The molecular formula is C22H22Cl2OPPt+. The quantitative estimate of drug-likeness (QED) is 0.217. The van der Waals surface area contributed by atoms with Gasteiger partial charge in [0.1, 0.15) is 15.9 Å². The summed E-state index contributed by atoms with van der Waals surface area (Å²) in [6.07, 6.45) is 0. The van der Waals surface area contributed by atoms with Crippen molar-refractivity contribution in [3.8, 4) is 0 Å². The SMILES string of the molecule is Cc1ccc([PH+](c2ccc(C)cc2)c2ccc(C)cc2)cc1.[C-]#[O+].[Cl][Pt][Cl]. The Bertz CT molecular complexity index is 708. The molecule has 5 heteroatoms. The Kier molecular flexibility index (Phi) is 11.9. The molecule has 144 valence electrons. The second kappa shape index (κ2) is 13.3. The van der Waals surface area contributed by atoms with Gasteiger partial charge in [0, 0.05) is 0 Å². The van der Waals surface area contributed by atoms with Gasteiger partial charge in [-0.1, -0.05) is 53.1 Å². The Morgan fingerprint density at radius 2 is 0.778 bits per heavy atom. The predicted molar refractivity (Wildman–Crippen MR) is 116 cm³/mol. The Labute approximate surface area is 180 Å². The molecule has 1 nitrogen and oxygen atoms in total. The third-order valence-corrected chi connectivity index (χ3v) is 6.75. The summed E-state index contributed by atoms with van der Waals surface area (Å²) >= 11 is -0.472. The Morgan fingerprint density at radius 3 is 0.963 bits per heavy atom. The van der Waals surface area contributed by atoms with Gasteiger partial charge in [0.25, 0.3) is 0 Å². The summed E-state index contributed by atoms with van der Waals surface area (Å²) in [7, 11) is 8.82. The zero-order valence-corrected chi connectivity index (χ0v) is 20.2. The molecule has 0 aliphatic rings. The molecule has 3 aromatic rings. The van der Waals surface area contributed by atoms with E-state index in [-0.39, 0.29) is 0 Å². The maximum absolute atomic E-state index is 7.50. The zero-order chi connectivity index (χ0) is 20.2. The molecule has 0 aliphatic carbocycles. The monoisotopic (exact) mass is 598 g/mol. The fraction of sp³-hybridized carbons (Fsp3) is 0.136. The van der Waals surface area contributed by atoms with Crippen LogP contribution in [0.1, 0.15) is 16.7 Å². The van der Waals surface area contributed by atoms with Crippen LogP contribution in [-0.4, -0.2) is 0 Å². The number of benzene rings is 3. The Hall–Kier alpha value is -0.902. The van der Waals surface area contributed by atoms with Gasteiger partial charge in [0.05, 0.1) is 7.92 Å². The number of hydrogen-bond acceptors (Lipinski definition) is 0.